The molecule has 0 aliphatic heterocycles. The van der Waals surface area contributed by atoms with Gasteiger partial charge in [0.2, 0.25) is 0 Å². The molecule has 1 aromatic rings. The van der Waals surface area contributed by atoms with Gasteiger partial charge in [0, 0.05) is 0 Å². The van der Waals surface area contributed by atoms with Gasteiger partial charge in [-0.25, -0.2) is 12.8 Å². The number of carbonyl (C=O) groups excluding carboxylic acids is 1. The van der Waals surface area contributed by atoms with Crippen LogP contribution in [0.1, 0.15) is 20.3 Å². The van der Waals surface area contributed by atoms with Crippen molar-refractivity contribution < 1.29 is 22.3 Å². The number of halogens is 2. The number of hydrogen-bond acceptors (Lipinski definition) is 4. The minimum Gasteiger partial charge on any atom is -0.465 e. The second-order valence-corrected chi connectivity index (χ2v) is 6.31. The van der Waals surface area contributed by atoms with E-state index in [9.17, 15) is 17.6 Å². The molecule has 0 aliphatic rings. The van der Waals surface area contributed by atoms with Crippen LogP contribution in [0.5, 0.6) is 0 Å². The van der Waals surface area contributed by atoms with Crippen molar-refractivity contribution in [1.29, 1.82) is 0 Å². The molecule has 0 saturated heterocycles. The van der Waals surface area contributed by atoms with Gasteiger partial charge in [-0.15, -0.1) is 0 Å². The third-order valence-corrected chi connectivity index (χ3v) is 4.99. The Morgan fingerprint density at radius 3 is 2.53 bits per heavy atom. The molecule has 0 fully saturated rings. The molecule has 1 aromatic carbocycles. The van der Waals surface area contributed by atoms with Crippen LogP contribution in [0.15, 0.2) is 23.1 Å². The van der Waals surface area contributed by atoms with E-state index in [0.29, 0.717) is 0 Å². The van der Waals surface area contributed by atoms with Crippen LogP contribution in [0.25, 0.3) is 0 Å². The highest BCUT2D eigenvalue weighted by Crippen LogP contribution is 2.24. The van der Waals surface area contributed by atoms with Crippen molar-refractivity contribution in [2.24, 2.45) is 0 Å². The number of ether oxygens (including phenoxy) is 1. The van der Waals surface area contributed by atoms with Gasteiger partial charge in [-0.2, -0.15) is 0 Å². The van der Waals surface area contributed by atoms with E-state index in [1.807, 2.05) is 0 Å². The Labute approximate surface area is 116 Å². The summed E-state index contributed by atoms with van der Waals surface area (Å²) in [5.41, 5.74) is 0. The lowest BCUT2D eigenvalue weighted by Crippen LogP contribution is -2.31. The normalized spacial score (nSPS) is 13.1. The van der Waals surface area contributed by atoms with Crippen LogP contribution in [0.4, 0.5) is 4.39 Å². The molecule has 7 heteroatoms. The maximum absolute atomic E-state index is 13.0. The molecule has 1 unspecified atom stereocenters. The van der Waals surface area contributed by atoms with Crippen molar-refractivity contribution in [3.63, 3.8) is 0 Å². The Morgan fingerprint density at radius 2 is 2.05 bits per heavy atom. The maximum atomic E-state index is 13.0. The van der Waals surface area contributed by atoms with Crippen molar-refractivity contribution >= 4 is 27.4 Å². The van der Waals surface area contributed by atoms with Crippen molar-refractivity contribution in [3.05, 3.63) is 29.0 Å². The van der Waals surface area contributed by atoms with E-state index < -0.39 is 26.9 Å². The molecule has 106 valence electrons. The van der Waals surface area contributed by atoms with Crippen LogP contribution in [-0.2, 0) is 19.4 Å². The Balaban J connectivity index is 3.20. The molecule has 0 N–H and O–H groups in total. The lowest BCUT2D eigenvalue weighted by Gasteiger charge is -2.14. The van der Waals surface area contributed by atoms with Crippen molar-refractivity contribution in [2.75, 3.05) is 6.61 Å². The summed E-state index contributed by atoms with van der Waals surface area (Å²) in [7, 11) is -3.94. The number of rotatable bonds is 5. The molecule has 0 spiro atoms. The smallest absolute Gasteiger partial charge is 0.324 e. The van der Waals surface area contributed by atoms with E-state index in [1.54, 1.807) is 13.8 Å². The first-order valence-electron chi connectivity index (χ1n) is 5.70. The standard InChI is InChI=1S/C12H14ClFO4S/c1-3-11(12(15)18-4-2)19(16,17)8-5-6-10(14)9(13)7-8/h5-7,11H,3-4H2,1-2H3. The molecule has 0 radical (unpaired) electrons. The Morgan fingerprint density at radius 1 is 1.42 bits per heavy atom. The Hall–Kier alpha value is -1.14. The van der Waals surface area contributed by atoms with Crippen molar-refractivity contribution in [1.82, 2.24) is 0 Å². The van der Waals surface area contributed by atoms with Crippen LogP contribution in [-0.4, -0.2) is 26.2 Å². The van der Waals surface area contributed by atoms with E-state index >= 15 is 0 Å². The maximum Gasteiger partial charge on any atom is 0.324 e. The van der Waals surface area contributed by atoms with Crippen LogP contribution < -0.4 is 0 Å². The second kappa shape index (κ2) is 6.34. The lowest BCUT2D eigenvalue weighted by molar-refractivity contribution is -0.142. The van der Waals surface area contributed by atoms with Crippen LogP contribution in [0, 0.1) is 5.82 Å². The van der Waals surface area contributed by atoms with Gasteiger partial charge in [-0.1, -0.05) is 18.5 Å². The summed E-state index contributed by atoms with van der Waals surface area (Å²) >= 11 is 5.55. The number of hydrogen-bond donors (Lipinski definition) is 0. The van der Waals surface area contributed by atoms with E-state index in [-0.39, 0.29) is 22.9 Å². The van der Waals surface area contributed by atoms with E-state index in [0.717, 1.165) is 18.2 Å². The number of sulfone groups is 1. The molecule has 0 aromatic heterocycles. The van der Waals surface area contributed by atoms with Gasteiger partial charge >= 0.3 is 5.97 Å². The molecular formula is C12H14ClFO4S. The number of esters is 1. The van der Waals surface area contributed by atoms with Gasteiger partial charge in [0.15, 0.2) is 15.1 Å². The highest BCUT2D eigenvalue weighted by molar-refractivity contribution is 7.92. The summed E-state index contributed by atoms with van der Waals surface area (Å²) in [5, 5.41) is -1.62. The third-order valence-electron chi connectivity index (χ3n) is 2.51. The predicted molar refractivity (Wildman–Crippen MR) is 69.3 cm³/mol. The molecule has 4 nitrogen and oxygen atoms in total. The molecule has 1 atom stereocenters. The fourth-order valence-corrected chi connectivity index (χ4v) is 3.44. The van der Waals surface area contributed by atoms with E-state index in [2.05, 4.69) is 0 Å². The third kappa shape index (κ3) is 3.45. The van der Waals surface area contributed by atoms with Crippen LogP contribution in [0.2, 0.25) is 5.02 Å². The summed E-state index contributed by atoms with van der Waals surface area (Å²) in [5.74, 6) is -1.53. The average molecular weight is 309 g/mol. The summed E-state index contributed by atoms with van der Waals surface area (Å²) in [4.78, 5) is 11.4. The number of benzene rings is 1. The molecule has 0 heterocycles. The zero-order valence-electron chi connectivity index (χ0n) is 10.5. The van der Waals surface area contributed by atoms with Crippen LogP contribution >= 0.6 is 11.6 Å². The summed E-state index contributed by atoms with van der Waals surface area (Å²) in [6.07, 6.45) is 0.0656. The van der Waals surface area contributed by atoms with Gasteiger partial charge in [0.25, 0.3) is 0 Å². The van der Waals surface area contributed by atoms with Gasteiger partial charge < -0.3 is 4.74 Å². The van der Waals surface area contributed by atoms with Gasteiger partial charge in [0.05, 0.1) is 16.5 Å². The topological polar surface area (TPSA) is 60.4 Å². The largest absolute Gasteiger partial charge is 0.465 e. The predicted octanol–water partition coefficient (Wildman–Crippen LogP) is 2.59. The van der Waals surface area contributed by atoms with Gasteiger partial charge in [-0.3, -0.25) is 4.79 Å². The zero-order chi connectivity index (χ0) is 14.6. The molecular weight excluding hydrogens is 295 g/mol. The van der Waals surface area contributed by atoms with Crippen molar-refractivity contribution in [3.8, 4) is 0 Å². The molecule has 0 saturated carbocycles. The first-order chi connectivity index (χ1) is 8.84. The summed E-state index contributed by atoms with van der Waals surface area (Å²) in [6, 6.07) is 3.03. The molecule has 0 amide bonds. The second-order valence-electron chi connectivity index (χ2n) is 3.77. The van der Waals surface area contributed by atoms with E-state index in [1.165, 1.54) is 0 Å². The average Bonchev–Trinajstić information content (AvgIpc) is 2.33. The minimum atomic E-state index is -3.94. The first-order valence-corrected chi connectivity index (χ1v) is 7.62. The first kappa shape index (κ1) is 15.9. The Kier molecular flexibility index (Phi) is 5.31. The molecule has 19 heavy (non-hydrogen) atoms. The number of carbonyl (C=O) groups is 1. The fraction of sp³-hybridized carbons (Fsp3) is 0.417. The highest BCUT2D eigenvalue weighted by atomic mass is 35.5. The molecule has 0 bridgehead atoms. The molecule has 0 aliphatic carbocycles. The highest BCUT2D eigenvalue weighted by Gasteiger charge is 2.34. The molecule has 1 rings (SSSR count). The Bertz CT molecular complexity index is 571. The SMILES string of the molecule is CCOC(=O)C(CC)S(=O)(=O)c1ccc(F)c(Cl)c1. The minimum absolute atomic E-state index is 0.0656. The monoisotopic (exact) mass is 308 g/mol. The fourth-order valence-electron chi connectivity index (χ4n) is 1.57. The van der Waals surface area contributed by atoms with Gasteiger partial charge in [0.1, 0.15) is 5.82 Å². The quantitative estimate of drug-likeness (QED) is 0.619. The van der Waals surface area contributed by atoms with Crippen molar-refractivity contribution in [2.45, 2.75) is 30.4 Å². The van der Waals surface area contributed by atoms with Crippen LogP contribution in [0.3, 0.4) is 0 Å². The van der Waals surface area contributed by atoms with E-state index in [4.69, 9.17) is 16.3 Å². The summed E-state index contributed by atoms with van der Waals surface area (Å²) < 4.78 is 42.3. The summed E-state index contributed by atoms with van der Waals surface area (Å²) in [6.45, 7) is 3.24. The zero-order valence-corrected chi connectivity index (χ0v) is 12.1. The lowest BCUT2D eigenvalue weighted by atomic mass is 10.3. The van der Waals surface area contributed by atoms with Gasteiger partial charge in [-0.05, 0) is 31.5 Å².